The Morgan fingerprint density at radius 3 is 2.11 bits per heavy atom. The summed E-state index contributed by atoms with van der Waals surface area (Å²) in [5.41, 5.74) is -0.930. The first-order valence-electron chi connectivity index (χ1n) is 8.60. The molecule has 0 aliphatic carbocycles. The number of hydrogen-bond donors (Lipinski definition) is 0. The Hall–Kier alpha value is -2.83. The van der Waals surface area contributed by atoms with Gasteiger partial charge in [0, 0.05) is 6.07 Å². The molecule has 27 heavy (non-hydrogen) atoms. The van der Waals surface area contributed by atoms with Gasteiger partial charge >= 0.3 is 11.9 Å². The van der Waals surface area contributed by atoms with Crippen molar-refractivity contribution in [2.45, 2.75) is 52.7 Å². The highest BCUT2D eigenvalue weighted by molar-refractivity contribution is 6.01. The van der Waals surface area contributed by atoms with E-state index in [-0.39, 0.29) is 11.4 Å². The number of benzene rings is 1. The van der Waals surface area contributed by atoms with Gasteiger partial charge in [-0.1, -0.05) is 6.07 Å². The smallest absolute Gasteiger partial charge is 0.360 e. The summed E-state index contributed by atoms with van der Waals surface area (Å²) in [6.45, 7) is 10.5. The summed E-state index contributed by atoms with van der Waals surface area (Å²) in [5.74, 6) is -0.746. The SMILES string of the molecule is COc1cccc(-n2cnc(C(=O)OC(C)(C)C)c2C(=O)OC(C)(C)C)c1. The van der Waals surface area contributed by atoms with Crippen LogP contribution in [-0.4, -0.2) is 39.8 Å². The second kappa shape index (κ2) is 7.42. The van der Waals surface area contributed by atoms with Crippen molar-refractivity contribution in [2.75, 3.05) is 7.11 Å². The molecule has 2 rings (SSSR count). The van der Waals surface area contributed by atoms with E-state index in [9.17, 15) is 9.59 Å². The highest BCUT2D eigenvalue weighted by Gasteiger charge is 2.31. The molecule has 2 aromatic rings. The largest absolute Gasteiger partial charge is 0.497 e. The van der Waals surface area contributed by atoms with Crippen molar-refractivity contribution in [3.05, 3.63) is 42.0 Å². The lowest BCUT2D eigenvalue weighted by Gasteiger charge is -2.21. The fraction of sp³-hybridized carbons (Fsp3) is 0.450. The standard InChI is InChI=1S/C20H26N2O5/c1-19(2,3)26-17(23)15-16(18(24)27-20(4,5)6)22(12-21-15)13-9-8-10-14(11-13)25-7/h8-12H,1-7H3. The van der Waals surface area contributed by atoms with Crippen LogP contribution >= 0.6 is 0 Å². The van der Waals surface area contributed by atoms with Crippen molar-refractivity contribution in [2.24, 2.45) is 0 Å². The van der Waals surface area contributed by atoms with Crippen molar-refractivity contribution in [1.29, 1.82) is 0 Å². The Labute approximate surface area is 159 Å². The second-order valence-corrected chi connectivity index (χ2v) is 8.02. The molecule has 0 fully saturated rings. The van der Waals surface area contributed by atoms with Crippen LogP contribution in [0, 0.1) is 0 Å². The van der Waals surface area contributed by atoms with Crippen molar-refractivity contribution in [1.82, 2.24) is 9.55 Å². The van der Waals surface area contributed by atoms with Crippen LogP contribution < -0.4 is 4.74 Å². The maximum absolute atomic E-state index is 12.8. The summed E-state index contributed by atoms with van der Waals surface area (Å²) in [6.07, 6.45) is 1.40. The third-order valence-corrected chi connectivity index (χ3v) is 3.28. The number of methoxy groups -OCH3 is 1. The Morgan fingerprint density at radius 2 is 1.56 bits per heavy atom. The number of aromatic nitrogens is 2. The number of carbonyl (C=O) groups is 2. The Morgan fingerprint density at radius 1 is 0.963 bits per heavy atom. The predicted octanol–water partition coefficient (Wildman–Crippen LogP) is 3.79. The van der Waals surface area contributed by atoms with Crippen LogP contribution in [0.2, 0.25) is 0 Å². The van der Waals surface area contributed by atoms with E-state index in [1.807, 2.05) is 0 Å². The van der Waals surface area contributed by atoms with E-state index >= 15 is 0 Å². The number of imidazole rings is 1. The molecule has 1 aromatic heterocycles. The monoisotopic (exact) mass is 374 g/mol. The maximum Gasteiger partial charge on any atom is 0.360 e. The van der Waals surface area contributed by atoms with Crippen molar-refractivity contribution in [3.63, 3.8) is 0 Å². The fourth-order valence-electron chi connectivity index (χ4n) is 2.30. The van der Waals surface area contributed by atoms with Crippen LogP contribution in [0.5, 0.6) is 5.75 Å². The van der Waals surface area contributed by atoms with Gasteiger partial charge in [0.15, 0.2) is 11.4 Å². The molecular formula is C20H26N2O5. The molecule has 0 unspecified atom stereocenters. The van der Waals surface area contributed by atoms with Gasteiger partial charge in [-0.2, -0.15) is 0 Å². The Bertz CT molecular complexity index is 841. The van der Waals surface area contributed by atoms with Crippen LogP contribution in [0.1, 0.15) is 62.5 Å². The normalized spacial score (nSPS) is 11.8. The zero-order valence-electron chi connectivity index (χ0n) is 16.8. The minimum atomic E-state index is -0.730. The van der Waals surface area contributed by atoms with E-state index in [0.29, 0.717) is 11.4 Å². The summed E-state index contributed by atoms with van der Waals surface area (Å²) >= 11 is 0. The molecule has 0 radical (unpaired) electrons. The van der Waals surface area contributed by atoms with E-state index in [1.165, 1.54) is 10.9 Å². The Balaban J connectivity index is 2.57. The van der Waals surface area contributed by atoms with Gasteiger partial charge in [0.05, 0.1) is 12.8 Å². The molecule has 0 saturated carbocycles. The quantitative estimate of drug-likeness (QED) is 0.758. The third kappa shape index (κ3) is 5.32. The first kappa shape index (κ1) is 20.5. The number of rotatable bonds is 4. The molecule has 0 bridgehead atoms. The molecule has 7 nitrogen and oxygen atoms in total. The van der Waals surface area contributed by atoms with Gasteiger partial charge < -0.3 is 14.2 Å². The summed E-state index contributed by atoms with van der Waals surface area (Å²) in [6, 6.07) is 7.06. The molecular weight excluding hydrogens is 348 g/mol. The van der Waals surface area contributed by atoms with Crippen molar-refractivity contribution in [3.8, 4) is 11.4 Å². The molecule has 0 amide bonds. The molecule has 0 N–H and O–H groups in total. The van der Waals surface area contributed by atoms with E-state index in [0.717, 1.165) is 0 Å². The maximum atomic E-state index is 12.8. The average molecular weight is 374 g/mol. The summed E-state index contributed by atoms with van der Waals surface area (Å²) < 4.78 is 17.6. The number of hydrogen-bond acceptors (Lipinski definition) is 6. The number of carbonyl (C=O) groups excluding carboxylic acids is 2. The van der Waals surface area contributed by atoms with E-state index in [4.69, 9.17) is 14.2 Å². The average Bonchev–Trinajstić information content (AvgIpc) is 2.97. The van der Waals surface area contributed by atoms with Crippen LogP contribution in [0.15, 0.2) is 30.6 Å². The van der Waals surface area contributed by atoms with Crippen LogP contribution in [-0.2, 0) is 9.47 Å². The van der Waals surface area contributed by atoms with Crippen molar-refractivity contribution < 1.29 is 23.8 Å². The highest BCUT2D eigenvalue weighted by Crippen LogP contribution is 2.23. The van der Waals surface area contributed by atoms with Gasteiger partial charge in [-0.25, -0.2) is 14.6 Å². The molecule has 7 heteroatoms. The lowest BCUT2D eigenvalue weighted by atomic mass is 10.2. The van der Waals surface area contributed by atoms with Crippen LogP contribution in [0.4, 0.5) is 0 Å². The zero-order chi connectivity index (χ0) is 20.4. The minimum absolute atomic E-state index is 0.00688. The van der Waals surface area contributed by atoms with Crippen LogP contribution in [0.25, 0.3) is 5.69 Å². The Kier molecular flexibility index (Phi) is 5.63. The number of ether oxygens (including phenoxy) is 3. The molecule has 1 aromatic carbocycles. The van der Waals surface area contributed by atoms with Gasteiger partial charge in [0.25, 0.3) is 0 Å². The first-order chi connectivity index (χ1) is 12.4. The van der Waals surface area contributed by atoms with E-state index < -0.39 is 23.1 Å². The molecule has 0 aliphatic rings. The third-order valence-electron chi connectivity index (χ3n) is 3.28. The summed E-state index contributed by atoms with van der Waals surface area (Å²) in [5, 5.41) is 0. The van der Waals surface area contributed by atoms with Gasteiger partial charge in [0.2, 0.25) is 0 Å². The lowest BCUT2D eigenvalue weighted by molar-refractivity contribution is 0.000944. The molecule has 0 spiro atoms. The van der Waals surface area contributed by atoms with Gasteiger partial charge in [-0.3, -0.25) is 4.57 Å². The predicted molar refractivity (Wildman–Crippen MR) is 100 cm³/mol. The highest BCUT2D eigenvalue weighted by atomic mass is 16.6. The second-order valence-electron chi connectivity index (χ2n) is 8.02. The van der Waals surface area contributed by atoms with E-state index in [2.05, 4.69) is 4.98 Å². The molecule has 146 valence electrons. The fourth-order valence-corrected chi connectivity index (χ4v) is 2.30. The van der Waals surface area contributed by atoms with Gasteiger partial charge in [0.1, 0.15) is 23.3 Å². The minimum Gasteiger partial charge on any atom is -0.497 e. The van der Waals surface area contributed by atoms with E-state index in [1.54, 1.807) is 72.9 Å². The first-order valence-corrected chi connectivity index (χ1v) is 8.60. The van der Waals surface area contributed by atoms with Crippen molar-refractivity contribution >= 4 is 11.9 Å². The topological polar surface area (TPSA) is 79.7 Å². The molecule has 0 aliphatic heterocycles. The van der Waals surface area contributed by atoms with Crippen LogP contribution in [0.3, 0.4) is 0 Å². The molecule has 0 saturated heterocycles. The van der Waals surface area contributed by atoms with Gasteiger partial charge in [-0.05, 0) is 53.7 Å². The molecule has 1 heterocycles. The zero-order valence-corrected chi connectivity index (χ0v) is 16.8. The summed E-state index contributed by atoms with van der Waals surface area (Å²) in [4.78, 5) is 29.6. The number of nitrogens with zero attached hydrogens (tertiary/aromatic N) is 2. The summed E-state index contributed by atoms with van der Waals surface area (Å²) in [7, 11) is 1.55. The molecule has 0 atom stereocenters. The lowest BCUT2D eigenvalue weighted by Crippen LogP contribution is -2.29. The number of esters is 2. The van der Waals surface area contributed by atoms with Gasteiger partial charge in [-0.15, -0.1) is 0 Å².